The summed E-state index contributed by atoms with van der Waals surface area (Å²) in [6.07, 6.45) is 3.15. The van der Waals surface area contributed by atoms with Crippen molar-refractivity contribution in [1.82, 2.24) is 4.90 Å². The van der Waals surface area contributed by atoms with Gasteiger partial charge in [0, 0.05) is 11.0 Å². The summed E-state index contributed by atoms with van der Waals surface area (Å²) in [5.74, 6) is -0.728. The second-order valence-corrected chi connectivity index (χ2v) is 6.41. The van der Waals surface area contributed by atoms with Crippen molar-refractivity contribution >= 4 is 11.9 Å². The van der Waals surface area contributed by atoms with Crippen molar-refractivity contribution in [3.63, 3.8) is 0 Å². The minimum absolute atomic E-state index is 0.0679. The Morgan fingerprint density at radius 3 is 2.62 bits per heavy atom. The van der Waals surface area contributed by atoms with Crippen LogP contribution in [0, 0.1) is 0 Å². The number of likely N-dealkylation sites (tertiary alicyclic amines) is 1. The van der Waals surface area contributed by atoms with Gasteiger partial charge in [-0.25, -0.2) is 0 Å². The van der Waals surface area contributed by atoms with E-state index in [1.807, 2.05) is 6.92 Å². The maximum absolute atomic E-state index is 12.5. The van der Waals surface area contributed by atoms with Crippen LogP contribution in [0.4, 0.5) is 0 Å². The molecule has 0 aromatic rings. The van der Waals surface area contributed by atoms with E-state index in [0.717, 1.165) is 19.3 Å². The van der Waals surface area contributed by atoms with Crippen molar-refractivity contribution in [3.05, 3.63) is 10.4 Å². The van der Waals surface area contributed by atoms with Gasteiger partial charge in [-0.15, -0.1) is 0 Å². The lowest BCUT2D eigenvalue weighted by atomic mass is 10.00. The van der Waals surface area contributed by atoms with Gasteiger partial charge in [0.2, 0.25) is 5.91 Å². The molecule has 0 saturated carbocycles. The van der Waals surface area contributed by atoms with E-state index in [1.165, 1.54) is 4.90 Å². The molecule has 1 saturated heterocycles. The zero-order valence-corrected chi connectivity index (χ0v) is 13.2. The van der Waals surface area contributed by atoms with Gasteiger partial charge < -0.3 is 9.64 Å². The van der Waals surface area contributed by atoms with E-state index in [-0.39, 0.29) is 18.5 Å². The third-order valence-electron chi connectivity index (χ3n) is 3.36. The number of ether oxygens (including phenoxy) is 1. The molecule has 0 N–H and O–H groups in total. The fourth-order valence-corrected chi connectivity index (χ4v) is 2.38. The Balaban J connectivity index is 2.84. The lowest BCUT2D eigenvalue weighted by molar-refractivity contribution is -0.160. The third kappa shape index (κ3) is 5.63. The number of hydrogen-bond donors (Lipinski definition) is 0. The molecular weight excluding hydrogens is 272 g/mol. The number of azide groups is 1. The fraction of sp³-hybridized carbons (Fsp3) is 0.857. The Kier molecular flexibility index (Phi) is 6.03. The van der Waals surface area contributed by atoms with Gasteiger partial charge >= 0.3 is 5.97 Å². The van der Waals surface area contributed by atoms with Crippen molar-refractivity contribution in [2.45, 2.75) is 71.1 Å². The van der Waals surface area contributed by atoms with E-state index >= 15 is 0 Å². The predicted octanol–water partition coefficient (Wildman–Crippen LogP) is 2.80. The molecular formula is C14H24N4O3. The van der Waals surface area contributed by atoms with Crippen LogP contribution >= 0.6 is 0 Å². The van der Waals surface area contributed by atoms with E-state index in [4.69, 9.17) is 10.3 Å². The molecule has 2 unspecified atom stereocenters. The van der Waals surface area contributed by atoms with Crippen molar-refractivity contribution in [3.8, 4) is 0 Å². The topological polar surface area (TPSA) is 95.4 Å². The Hall–Kier alpha value is -1.75. The molecule has 7 heteroatoms. The molecule has 0 aliphatic carbocycles. The lowest BCUT2D eigenvalue weighted by Crippen LogP contribution is -2.48. The second-order valence-electron chi connectivity index (χ2n) is 6.41. The van der Waals surface area contributed by atoms with Crippen LogP contribution in [0.1, 0.15) is 53.4 Å². The van der Waals surface area contributed by atoms with Gasteiger partial charge in [0.25, 0.3) is 0 Å². The monoisotopic (exact) mass is 296 g/mol. The number of carbonyl (C=O) groups is 2. The molecule has 21 heavy (non-hydrogen) atoms. The van der Waals surface area contributed by atoms with Gasteiger partial charge in [-0.05, 0) is 46.1 Å². The van der Waals surface area contributed by atoms with Crippen LogP contribution in [0.2, 0.25) is 0 Å². The summed E-state index contributed by atoms with van der Waals surface area (Å²) in [5.41, 5.74) is 7.99. The molecule has 2 atom stereocenters. The van der Waals surface area contributed by atoms with Crippen LogP contribution in [0.25, 0.3) is 10.4 Å². The molecule has 118 valence electrons. The van der Waals surface area contributed by atoms with Crippen molar-refractivity contribution in [1.29, 1.82) is 0 Å². The molecule has 1 heterocycles. The Morgan fingerprint density at radius 2 is 2.05 bits per heavy atom. The van der Waals surface area contributed by atoms with Gasteiger partial charge in [0.1, 0.15) is 18.2 Å². The average Bonchev–Trinajstić information content (AvgIpc) is 2.35. The maximum Gasteiger partial charge on any atom is 0.326 e. The van der Waals surface area contributed by atoms with Crippen LogP contribution in [0.3, 0.4) is 0 Å². The lowest BCUT2D eigenvalue weighted by Gasteiger charge is -2.33. The van der Waals surface area contributed by atoms with Crippen LogP contribution in [-0.2, 0) is 14.3 Å². The molecule has 1 aliphatic rings. The van der Waals surface area contributed by atoms with Crippen molar-refractivity contribution in [2.75, 3.05) is 6.54 Å². The molecule has 0 spiro atoms. The van der Waals surface area contributed by atoms with Gasteiger partial charge in [0.05, 0.1) is 0 Å². The minimum Gasteiger partial charge on any atom is -0.459 e. The first-order chi connectivity index (χ1) is 9.74. The summed E-state index contributed by atoms with van der Waals surface area (Å²) in [6.45, 7) is 7.15. The van der Waals surface area contributed by atoms with Crippen molar-refractivity contribution < 1.29 is 14.3 Å². The Morgan fingerprint density at radius 1 is 1.43 bits per heavy atom. The highest BCUT2D eigenvalue weighted by atomic mass is 16.6. The molecule has 0 radical (unpaired) electrons. The van der Waals surface area contributed by atoms with Crippen LogP contribution in [-0.4, -0.2) is 41.0 Å². The summed E-state index contributed by atoms with van der Waals surface area (Å²) in [4.78, 5) is 28.6. The highest BCUT2D eigenvalue weighted by Gasteiger charge is 2.31. The number of amides is 1. The van der Waals surface area contributed by atoms with Crippen molar-refractivity contribution in [2.24, 2.45) is 5.11 Å². The Bertz CT molecular complexity index is 438. The summed E-state index contributed by atoms with van der Waals surface area (Å²) < 4.78 is 5.27. The van der Waals surface area contributed by atoms with E-state index in [2.05, 4.69) is 10.0 Å². The average molecular weight is 296 g/mol. The molecule has 1 amide bonds. The van der Waals surface area contributed by atoms with Gasteiger partial charge in [-0.1, -0.05) is 18.0 Å². The maximum atomic E-state index is 12.5. The smallest absolute Gasteiger partial charge is 0.326 e. The zero-order valence-electron chi connectivity index (χ0n) is 13.2. The van der Waals surface area contributed by atoms with Crippen LogP contribution in [0.15, 0.2) is 5.11 Å². The molecule has 1 aliphatic heterocycles. The summed E-state index contributed by atoms with van der Waals surface area (Å²) in [5, 5.41) is 3.57. The zero-order chi connectivity index (χ0) is 16.0. The highest BCUT2D eigenvalue weighted by molar-refractivity contribution is 5.86. The normalized spacial score (nSPS) is 23.8. The largest absolute Gasteiger partial charge is 0.459 e. The fourth-order valence-electron chi connectivity index (χ4n) is 2.38. The summed E-state index contributed by atoms with van der Waals surface area (Å²) >= 11 is 0. The molecule has 0 aromatic carbocycles. The molecule has 1 rings (SSSR count). The molecule has 1 fully saturated rings. The van der Waals surface area contributed by atoms with Gasteiger partial charge in [0.15, 0.2) is 0 Å². The van der Waals surface area contributed by atoms with Crippen LogP contribution < -0.4 is 0 Å². The number of carbonyl (C=O) groups excluding carboxylic acids is 2. The van der Waals surface area contributed by atoms with E-state index in [9.17, 15) is 9.59 Å². The first-order valence-electron chi connectivity index (χ1n) is 7.31. The number of hydrogen-bond acceptors (Lipinski definition) is 4. The van der Waals surface area contributed by atoms with Gasteiger partial charge in [-0.3, -0.25) is 9.59 Å². The number of rotatable bonds is 3. The standard InChI is InChI=1S/C14H24N4O3/c1-10-7-5-6-8-11(16-17-15)13(20)18(10)9-12(19)21-14(2,3)4/h10-11H,5-9H2,1-4H3. The number of esters is 1. The van der Waals surface area contributed by atoms with Gasteiger partial charge in [-0.2, -0.15) is 0 Å². The first-order valence-corrected chi connectivity index (χ1v) is 7.31. The third-order valence-corrected chi connectivity index (χ3v) is 3.36. The second kappa shape index (κ2) is 7.31. The minimum atomic E-state index is -0.722. The summed E-state index contributed by atoms with van der Waals surface area (Å²) in [6, 6.07) is -0.790. The van der Waals surface area contributed by atoms with E-state index < -0.39 is 17.6 Å². The quantitative estimate of drug-likeness (QED) is 0.347. The predicted molar refractivity (Wildman–Crippen MR) is 78.4 cm³/mol. The molecule has 0 aromatic heterocycles. The SMILES string of the molecule is CC1CCCCC(N=[N+]=[N-])C(=O)N1CC(=O)OC(C)(C)C. The Labute approximate surface area is 125 Å². The highest BCUT2D eigenvalue weighted by Crippen LogP contribution is 2.20. The summed E-state index contributed by atoms with van der Waals surface area (Å²) in [7, 11) is 0. The van der Waals surface area contributed by atoms with E-state index in [1.54, 1.807) is 20.8 Å². The first kappa shape index (κ1) is 17.3. The van der Waals surface area contributed by atoms with Crippen LogP contribution in [0.5, 0.6) is 0 Å². The number of nitrogens with zero attached hydrogens (tertiary/aromatic N) is 4. The van der Waals surface area contributed by atoms with E-state index in [0.29, 0.717) is 6.42 Å². The molecule has 0 bridgehead atoms. The molecule has 7 nitrogen and oxygen atoms in total.